The average Bonchev–Trinajstić information content (AvgIpc) is 2.45. The summed E-state index contributed by atoms with van der Waals surface area (Å²) in [6, 6.07) is 0. The van der Waals surface area contributed by atoms with Crippen LogP contribution in [0.15, 0.2) is 24.3 Å². The van der Waals surface area contributed by atoms with E-state index in [2.05, 4.69) is 11.5 Å². The van der Waals surface area contributed by atoms with E-state index in [4.69, 9.17) is 4.74 Å². The first-order chi connectivity index (χ1) is 9.11. The third-order valence-corrected chi connectivity index (χ3v) is 3.94. The van der Waals surface area contributed by atoms with Crippen molar-refractivity contribution < 1.29 is 14.3 Å². The van der Waals surface area contributed by atoms with Crippen molar-refractivity contribution in [1.29, 1.82) is 0 Å². The number of aldehydes is 1. The molecule has 4 nitrogen and oxygen atoms in total. The summed E-state index contributed by atoms with van der Waals surface area (Å²) in [4.78, 5) is 25.0. The Morgan fingerprint density at radius 2 is 2.05 bits per heavy atom. The summed E-state index contributed by atoms with van der Waals surface area (Å²) in [6.07, 6.45) is 6.33. The molecule has 0 amide bonds. The van der Waals surface area contributed by atoms with Crippen LogP contribution in [0.2, 0.25) is 0 Å². The SMILES string of the molecule is C=C/C(=C\C)CN1CCC(CC=O)(C(=O)OC)CC1. The van der Waals surface area contributed by atoms with Crippen LogP contribution in [0.1, 0.15) is 26.2 Å². The maximum Gasteiger partial charge on any atom is 0.312 e. The lowest BCUT2D eigenvalue weighted by atomic mass is 9.76. The topological polar surface area (TPSA) is 46.6 Å². The lowest BCUT2D eigenvalue weighted by Gasteiger charge is -2.38. The number of allylic oxidation sites excluding steroid dienone is 1. The number of nitrogens with zero attached hydrogens (tertiary/aromatic N) is 1. The molecule has 1 aliphatic rings. The monoisotopic (exact) mass is 265 g/mol. The molecule has 1 aliphatic heterocycles. The summed E-state index contributed by atoms with van der Waals surface area (Å²) in [6.45, 7) is 8.22. The zero-order chi connectivity index (χ0) is 14.3. The summed E-state index contributed by atoms with van der Waals surface area (Å²) in [5, 5.41) is 0. The molecule has 0 aromatic heterocycles. The summed E-state index contributed by atoms with van der Waals surface area (Å²) < 4.78 is 4.86. The van der Waals surface area contributed by atoms with E-state index in [0.29, 0.717) is 12.8 Å². The van der Waals surface area contributed by atoms with Crippen LogP contribution in [0.3, 0.4) is 0 Å². The van der Waals surface area contributed by atoms with Crippen molar-refractivity contribution in [3.05, 3.63) is 24.3 Å². The van der Waals surface area contributed by atoms with E-state index in [1.165, 1.54) is 12.7 Å². The number of rotatable bonds is 6. The van der Waals surface area contributed by atoms with Crippen LogP contribution in [0, 0.1) is 5.41 Å². The van der Waals surface area contributed by atoms with Gasteiger partial charge in [-0.2, -0.15) is 0 Å². The molecule has 0 aromatic carbocycles. The zero-order valence-corrected chi connectivity index (χ0v) is 11.9. The Labute approximate surface area is 115 Å². The summed E-state index contributed by atoms with van der Waals surface area (Å²) in [7, 11) is 1.39. The maximum atomic E-state index is 11.9. The van der Waals surface area contributed by atoms with Gasteiger partial charge in [-0.05, 0) is 38.4 Å². The second kappa shape index (κ2) is 7.24. The number of carbonyl (C=O) groups excluding carboxylic acids is 2. The Morgan fingerprint density at radius 1 is 1.42 bits per heavy atom. The molecule has 1 fully saturated rings. The molecule has 0 saturated carbocycles. The van der Waals surface area contributed by atoms with Gasteiger partial charge in [0, 0.05) is 13.0 Å². The number of carbonyl (C=O) groups is 2. The van der Waals surface area contributed by atoms with Crippen LogP contribution in [0.25, 0.3) is 0 Å². The summed E-state index contributed by atoms with van der Waals surface area (Å²) in [5.41, 5.74) is 0.568. The molecular formula is C15H23NO3. The van der Waals surface area contributed by atoms with Crippen molar-refractivity contribution in [1.82, 2.24) is 4.90 Å². The molecule has 0 N–H and O–H groups in total. The number of ether oxygens (including phenoxy) is 1. The van der Waals surface area contributed by atoms with Crippen molar-refractivity contribution in [2.45, 2.75) is 26.2 Å². The molecule has 0 spiro atoms. The van der Waals surface area contributed by atoms with Gasteiger partial charge in [0.05, 0.1) is 12.5 Å². The molecular weight excluding hydrogens is 242 g/mol. The minimum atomic E-state index is -0.614. The van der Waals surface area contributed by atoms with Gasteiger partial charge >= 0.3 is 5.97 Å². The van der Waals surface area contributed by atoms with Crippen molar-refractivity contribution in [2.24, 2.45) is 5.41 Å². The fourth-order valence-corrected chi connectivity index (χ4v) is 2.54. The highest BCUT2D eigenvalue weighted by atomic mass is 16.5. The van der Waals surface area contributed by atoms with Gasteiger partial charge in [-0.15, -0.1) is 0 Å². The molecule has 0 aromatic rings. The van der Waals surface area contributed by atoms with Gasteiger partial charge < -0.3 is 9.53 Å². The molecule has 19 heavy (non-hydrogen) atoms. The standard InChI is InChI=1S/C15H23NO3/c1-4-13(5-2)12-16-9-6-15(7-10-16,8-11-17)14(18)19-3/h4-5,11H,1,6-10,12H2,2-3H3/b13-5+. The van der Waals surface area contributed by atoms with Crippen molar-refractivity contribution in [2.75, 3.05) is 26.7 Å². The lowest BCUT2D eigenvalue weighted by Crippen LogP contribution is -2.45. The third-order valence-electron chi connectivity index (χ3n) is 3.94. The summed E-state index contributed by atoms with van der Waals surface area (Å²) in [5.74, 6) is -0.255. The van der Waals surface area contributed by atoms with Crippen LogP contribution in [-0.2, 0) is 14.3 Å². The lowest BCUT2D eigenvalue weighted by molar-refractivity contribution is -0.157. The smallest absolute Gasteiger partial charge is 0.312 e. The third kappa shape index (κ3) is 3.77. The second-order valence-electron chi connectivity index (χ2n) is 4.99. The minimum absolute atomic E-state index is 0.255. The fourth-order valence-electron chi connectivity index (χ4n) is 2.54. The van der Waals surface area contributed by atoms with Gasteiger partial charge in [-0.25, -0.2) is 0 Å². The Bertz CT molecular complexity index is 366. The van der Waals surface area contributed by atoms with Gasteiger partial charge in [0.2, 0.25) is 0 Å². The van der Waals surface area contributed by atoms with Crippen LogP contribution in [-0.4, -0.2) is 43.9 Å². The molecule has 106 valence electrons. The maximum absolute atomic E-state index is 11.9. The van der Waals surface area contributed by atoms with Gasteiger partial charge in [-0.1, -0.05) is 18.7 Å². The highest BCUT2D eigenvalue weighted by molar-refractivity contribution is 5.80. The Hall–Kier alpha value is -1.42. The van der Waals surface area contributed by atoms with Crippen molar-refractivity contribution in [3.63, 3.8) is 0 Å². The van der Waals surface area contributed by atoms with E-state index in [9.17, 15) is 9.59 Å². The number of methoxy groups -OCH3 is 1. The molecule has 0 aliphatic carbocycles. The minimum Gasteiger partial charge on any atom is -0.469 e. The highest BCUT2D eigenvalue weighted by Crippen LogP contribution is 2.35. The Kier molecular flexibility index (Phi) is 5.96. The van der Waals surface area contributed by atoms with Crippen LogP contribution in [0.5, 0.6) is 0 Å². The van der Waals surface area contributed by atoms with Crippen molar-refractivity contribution >= 4 is 12.3 Å². The van der Waals surface area contributed by atoms with Crippen LogP contribution >= 0.6 is 0 Å². The Balaban J connectivity index is 2.65. The van der Waals surface area contributed by atoms with Gasteiger partial charge in [-0.3, -0.25) is 9.69 Å². The van der Waals surface area contributed by atoms with Gasteiger partial charge in [0.1, 0.15) is 6.29 Å². The predicted octanol–water partition coefficient (Wildman–Crippen LogP) is 1.96. The van der Waals surface area contributed by atoms with Crippen LogP contribution in [0.4, 0.5) is 0 Å². The Morgan fingerprint density at radius 3 is 2.47 bits per heavy atom. The van der Waals surface area contributed by atoms with Crippen molar-refractivity contribution in [3.8, 4) is 0 Å². The van der Waals surface area contributed by atoms with E-state index >= 15 is 0 Å². The predicted molar refractivity (Wildman–Crippen MR) is 74.8 cm³/mol. The van der Waals surface area contributed by atoms with E-state index in [1.807, 2.05) is 19.1 Å². The van der Waals surface area contributed by atoms with Gasteiger partial charge in [0.25, 0.3) is 0 Å². The first-order valence-corrected chi connectivity index (χ1v) is 6.64. The number of piperidine rings is 1. The average molecular weight is 265 g/mol. The molecule has 0 unspecified atom stereocenters. The first-order valence-electron chi connectivity index (χ1n) is 6.64. The van der Waals surface area contributed by atoms with E-state index in [0.717, 1.165) is 25.9 Å². The van der Waals surface area contributed by atoms with Crippen LogP contribution < -0.4 is 0 Å². The van der Waals surface area contributed by atoms with E-state index in [-0.39, 0.29) is 12.4 Å². The largest absolute Gasteiger partial charge is 0.469 e. The number of hydrogen-bond acceptors (Lipinski definition) is 4. The molecule has 0 bridgehead atoms. The fraction of sp³-hybridized carbons (Fsp3) is 0.600. The molecule has 0 atom stereocenters. The summed E-state index contributed by atoms with van der Waals surface area (Å²) >= 11 is 0. The van der Waals surface area contributed by atoms with E-state index < -0.39 is 5.41 Å². The van der Waals surface area contributed by atoms with E-state index in [1.54, 1.807) is 0 Å². The first kappa shape index (κ1) is 15.6. The second-order valence-corrected chi connectivity index (χ2v) is 4.99. The molecule has 1 saturated heterocycles. The molecule has 4 heteroatoms. The number of likely N-dealkylation sites (tertiary alicyclic amines) is 1. The molecule has 0 radical (unpaired) electrons. The highest BCUT2D eigenvalue weighted by Gasteiger charge is 2.41. The normalized spacial score (nSPS) is 19.8. The zero-order valence-electron chi connectivity index (χ0n) is 11.9. The number of esters is 1. The molecule has 1 rings (SSSR count). The number of hydrogen-bond donors (Lipinski definition) is 0. The molecule has 1 heterocycles. The quantitative estimate of drug-likeness (QED) is 0.418. The van der Waals surface area contributed by atoms with Gasteiger partial charge in [0.15, 0.2) is 0 Å².